The van der Waals surface area contributed by atoms with Crippen molar-refractivity contribution in [2.45, 2.75) is 25.1 Å². The van der Waals surface area contributed by atoms with E-state index in [4.69, 9.17) is 16.7 Å². The van der Waals surface area contributed by atoms with Gasteiger partial charge in [0.2, 0.25) is 0 Å². The highest BCUT2D eigenvalue weighted by Crippen LogP contribution is 2.39. The number of hydrogen-bond acceptors (Lipinski definition) is 2. The van der Waals surface area contributed by atoms with Gasteiger partial charge in [-0.2, -0.15) is 13.2 Å². The second-order valence-electron chi connectivity index (χ2n) is 4.42. The number of hydrogen-bond donors (Lipinski definition) is 1. The normalized spacial score (nSPS) is 15.4. The lowest BCUT2D eigenvalue weighted by atomic mass is 10.1. The average molecular weight is 294 g/mol. The lowest BCUT2D eigenvalue weighted by molar-refractivity contribution is -0.120. The summed E-state index contributed by atoms with van der Waals surface area (Å²) in [6, 6.07) is 3.78. The summed E-state index contributed by atoms with van der Waals surface area (Å²) in [5, 5.41) is 9.10. The van der Waals surface area contributed by atoms with Gasteiger partial charge in [0.25, 0.3) is 0 Å². The van der Waals surface area contributed by atoms with E-state index in [1.807, 2.05) is 0 Å². The maximum absolute atomic E-state index is 12.6. The number of alkyl halides is 3. The fourth-order valence-corrected chi connectivity index (χ4v) is 2.23. The molecule has 2 rings (SSSR count). The molecule has 0 atom stereocenters. The van der Waals surface area contributed by atoms with E-state index in [-0.39, 0.29) is 22.3 Å². The molecule has 0 radical (unpaired) electrons. The number of carboxylic acids is 1. The molecule has 1 aromatic rings. The second kappa shape index (κ2) is 4.92. The molecule has 1 N–H and O–H groups in total. The Morgan fingerprint density at radius 3 is 2.53 bits per heavy atom. The minimum Gasteiger partial charge on any atom is -0.478 e. The summed E-state index contributed by atoms with van der Waals surface area (Å²) in [4.78, 5) is 12.2. The SMILES string of the molecule is O=C(O)c1cccc(Cl)c1N(CC(F)(F)F)C1CC1. The molecule has 0 heterocycles. The van der Waals surface area contributed by atoms with E-state index >= 15 is 0 Å². The molecule has 0 bridgehead atoms. The zero-order valence-electron chi connectivity index (χ0n) is 9.75. The summed E-state index contributed by atoms with van der Waals surface area (Å²) >= 11 is 5.90. The van der Waals surface area contributed by atoms with Crippen LogP contribution < -0.4 is 4.90 Å². The van der Waals surface area contributed by atoms with Crippen LogP contribution in [0.4, 0.5) is 18.9 Å². The highest BCUT2D eigenvalue weighted by Gasteiger charge is 2.40. The van der Waals surface area contributed by atoms with Gasteiger partial charge in [0.1, 0.15) is 6.54 Å². The van der Waals surface area contributed by atoms with E-state index in [9.17, 15) is 18.0 Å². The number of halogens is 4. The van der Waals surface area contributed by atoms with Crippen LogP contribution in [0.1, 0.15) is 23.2 Å². The Morgan fingerprint density at radius 1 is 1.42 bits per heavy atom. The van der Waals surface area contributed by atoms with Gasteiger partial charge < -0.3 is 10.0 Å². The Morgan fingerprint density at radius 2 is 2.05 bits per heavy atom. The van der Waals surface area contributed by atoms with E-state index in [0.717, 1.165) is 4.90 Å². The number of benzene rings is 1. The first-order valence-electron chi connectivity index (χ1n) is 5.65. The van der Waals surface area contributed by atoms with E-state index in [2.05, 4.69) is 0 Å². The van der Waals surface area contributed by atoms with E-state index in [0.29, 0.717) is 12.8 Å². The van der Waals surface area contributed by atoms with Crippen molar-refractivity contribution in [1.82, 2.24) is 0 Å². The van der Waals surface area contributed by atoms with Crippen LogP contribution in [0, 0.1) is 0 Å². The van der Waals surface area contributed by atoms with E-state index in [1.54, 1.807) is 0 Å². The zero-order chi connectivity index (χ0) is 14.2. The van der Waals surface area contributed by atoms with E-state index in [1.165, 1.54) is 18.2 Å². The Kier molecular flexibility index (Phi) is 3.62. The fourth-order valence-electron chi connectivity index (χ4n) is 1.95. The summed E-state index contributed by atoms with van der Waals surface area (Å²) in [7, 11) is 0. The van der Waals surface area contributed by atoms with Crippen LogP contribution in [0.25, 0.3) is 0 Å². The van der Waals surface area contributed by atoms with Crippen molar-refractivity contribution in [3.8, 4) is 0 Å². The molecular weight excluding hydrogens is 283 g/mol. The number of anilines is 1. The van der Waals surface area contributed by atoms with Gasteiger partial charge in [-0.05, 0) is 25.0 Å². The maximum atomic E-state index is 12.6. The first kappa shape index (κ1) is 14.0. The number of para-hydroxylation sites is 1. The zero-order valence-corrected chi connectivity index (χ0v) is 10.5. The molecule has 0 aromatic heterocycles. The van der Waals surface area contributed by atoms with Gasteiger partial charge in [-0.15, -0.1) is 0 Å². The summed E-state index contributed by atoms with van der Waals surface area (Å²) in [6.07, 6.45) is -3.18. The van der Waals surface area contributed by atoms with Gasteiger partial charge in [-0.25, -0.2) is 4.79 Å². The smallest absolute Gasteiger partial charge is 0.405 e. The van der Waals surface area contributed by atoms with Crippen molar-refractivity contribution in [3.05, 3.63) is 28.8 Å². The topological polar surface area (TPSA) is 40.5 Å². The molecule has 1 aliphatic carbocycles. The van der Waals surface area contributed by atoms with Crippen LogP contribution in [0.3, 0.4) is 0 Å². The number of nitrogens with zero attached hydrogens (tertiary/aromatic N) is 1. The van der Waals surface area contributed by atoms with Crippen LogP contribution in [0.5, 0.6) is 0 Å². The lowest BCUT2D eigenvalue weighted by Gasteiger charge is -2.28. The van der Waals surface area contributed by atoms with Crippen molar-refractivity contribution >= 4 is 23.3 Å². The quantitative estimate of drug-likeness (QED) is 0.922. The van der Waals surface area contributed by atoms with Crippen molar-refractivity contribution in [3.63, 3.8) is 0 Å². The van der Waals surface area contributed by atoms with Crippen molar-refractivity contribution in [2.24, 2.45) is 0 Å². The lowest BCUT2D eigenvalue weighted by Crippen LogP contribution is -2.37. The summed E-state index contributed by atoms with van der Waals surface area (Å²) < 4.78 is 37.8. The molecule has 0 spiro atoms. The van der Waals surface area contributed by atoms with Crippen LogP contribution in [0.15, 0.2) is 18.2 Å². The van der Waals surface area contributed by atoms with Gasteiger partial charge in [0.05, 0.1) is 16.3 Å². The number of carbonyl (C=O) groups is 1. The highest BCUT2D eigenvalue weighted by molar-refractivity contribution is 6.34. The van der Waals surface area contributed by atoms with Gasteiger partial charge in [-0.1, -0.05) is 17.7 Å². The van der Waals surface area contributed by atoms with Crippen molar-refractivity contribution < 1.29 is 23.1 Å². The summed E-state index contributed by atoms with van der Waals surface area (Å²) in [5.74, 6) is -1.29. The molecule has 3 nitrogen and oxygen atoms in total. The molecule has 0 aliphatic heterocycles. The van der Waals surface area contributed by atoms with Crippen molar-refractivity contribution in [1.29, 1.82) is 0 Å². The monoisotopic (exact) mass is 293 g/mol. The minimum absolute atomic E-state index is 0.0241. The second-order valence-corrected chi connectivity index (χ2v) is 4.82. The Bertz CT molecular complexity index is 500. The summed E-state index contributed by atoms with van der Waals surface area (Å²) in [6.45, 7) is -1.19. The molecular formula is C12H11ClF3NO2. The molecule has 0 unspecified atom stereocenters. The van der Waals surface area contributed by atoms with Gasteiger partial charge >= 0.3 is 12.1 Å². The molecule has 104 valence electrons. The summed E-state index contributed by atoms with van der Waals surface area (Å²) in [5.41, 5.74) is -0.250. The molecule has 0 saturated heterocycles. The minimum atomic E-state index is -4.41. The molecule has 1 aromatic carbocycles. The van der Waals surface area contributed by atoms with Gasteiger partial charge in [0.15, 0.2) is 0 Å². The molecule has 19 heavy (non-hydrogen) atoms. The third-order valence-electron chi connectivity index (χ3n) is 2.84. The first-order valence-corrected chi connectivity index (χ1v) is 6.02. The highest BCUT2D eigenvalue weighted by atomic mass is 35.5. The Labute approximate surface area is 112 Å². The predicted octanol–water partition coefficient (Wildman–Crippen LogP) is 3.57. The molecule has 0 amide bonds. The third kappa shape index (κ3) is 3.32. The standard InChI is InChI=1S/C12H11ClF3NO2/c13-9-3-1-2-8(11(18)19)10(9)17(7-4-5-7)6-12(14,15)16/h1-3,7H,4-6H2,(H,18,19). The average Bonchev–Trinajstić information content (AvgIpc) is 3.08. The van der Waals surface area contributed by atoms with Gasteiger partial charge in [0, 0.05) is 6.04 Å². The molecule has 7 heteroatoms. The number of carboxylic acid groups (broad SMARTS) is 1. The first-order chi connectivity index (χ1) is 8.79. The molecule has 1 aliphatic rings. The van der Waals surface area contributed by atoms with Crippen molar-refractivity contribution in [2.75, 3.05) is 11.4 Å². The molecule has 1 fully saturated rings. The number of rotatable bonds is 4. The van der Waals surface area contributed by atoms with Gasteiger partial charge in [-0.3, -0.25) is 0 Å². The Balaban J connectivity index is 2.44. The maximum Gasteiger partial charge on any atom is 0.405 e. The van der Waals surface area contributed by atoms with Crippen LogP contribution >= 0.6 is 11.6 Å². The predicted molar refractivity (Wildman–Crippen MR) is 64.8 cm³/mol. The Hall–Kier alpha value is -1.43. The fraction of sp³-hybridized carbons (Fsp3) is 0.417. The molecule has 1 saturated carbocycles. The van der Waals surface area contributed by atoms with Crippen LogP contribution in [-0.4, -0.2) is 29.8 Å². The largest absolute Gasteiger partial charge is 0.478 e. The van der Waals surface area contributed by atoms with Crippen LogP contribution in [-0.2, 0) is 0 Å². The number of aromatic carboxylic acids is 1. The van der Waals surface area contributed by atoms with E-state index < -0.39 is 18.7 Å². The van der Waals surface area contributed by atoms with Crippen LogP contribution in [0.2, 0.25) is 5.02 Å². The third-order valence-corrected chi connectivity index (χ3v) is 3.15.